The molecule has 0 saturated heterocycles. The van der Waals surface area contributed by atoms with E-state index in [9.17, 15) is 4.79 Å². The first-order chi connectivity index (χ1) is 10.5. The summed E-state index contributed by atoms with van der Waals surface area (Å²) in [4.78, 5) is 25.3. The Kier molecular flexibility index (Phi) is 3.36. The Labute approximate surface area is 128 Å². The fourth-order valence-electron chi connectivity index (χ4n) is 2.01. The molecule has 0 saturated carbocycles. The van der Waals surface area contributed by atoms with E-state index in [2.05, 4.69) is 20.3 Å². The average Bonchev–Trinajstić information content (AvgIpc) is 2.85. The number of fused-ring (bicyclic) bond motifs is 1. The second-order valence-corrected chi connectivity index (χ2v) is 6.01. The number of carbonyl (C=O) groups is 1. The summed E-state index contributed by atoms with van der Waals surface area (Å²) in [5.41, 5.74) is 1.11. The van der Waals surface area contributed by atoms with Crippen LogP contribution in [-0.2, 0) is 4.79 Å². The number of nitrogens with one attached hydrogen (secondary N) is 1. The largest absolute Gasteiger partial charge is 0.295 e. The minimum absolute atomic E-state index is 0.111. The van der Waals surface area contributed by atoms with Gasteiger partial charge in [0.25, 0.3) is 0 Å². The lowest BCUT2D eigenvalue weighted by Crippen LogP contribution is -2.29. The highest BCUT2D eigenvalue weighted by Gasteiger charge is 2.24. The van der Waals surface area contributed by atoms with Crippen molar-refractivity contribution in [3.05, 3.63) is 42.7 Å². The van der Waals surface area contributed by atoms with E-state index >= 15 is 0 Å². The molecule has 6 nitrogen and oxygen atoms in total. The topological polar surface area (TPSA) is 72.7 Å². The highest BCUT2D eigenvalue weighted by atomic mass is 16.2. The zero-order valence-corrected chi connectivity index (χ0v) is 12.7. The van der Waals surface area contributed by atoms with Crippen LogP contribution in [0, 0.1) is 5.41 Å². The van der Waals surface area contributed by atoms with Crippen LogP contribution in [-0.4, -0.2) is 25.4 Å². The lowest BCUT2D eigenvalue weighted by molar-refractivity contribution is -0.123. The highest BCUT2D eigenvalue weighted by Crippen LogP contribution is 2.24. The molecule has 3 aromatic rings. The number of imidazole rings is 1. The molecule has 0 spiro atoms. The number of carbonyl (C=O) groups excluding carboxylic acids is 1. The average molecular weight is 295 g/mol. The predicted molar refractivity (Wildman–Crippen MR) is 84.7 cm³/mol. The van der Waals surface area contributed by atoms with Gasteiger partial charge in [-0.3, -0.25) is 10.1 Å². The maximum absolute atomic E-state index is 12.3. The summed E-state index contributed by atoms with van der Waals surface area (Å²) < 4.78 is 1.75. The van der Waals surface area contributed by atoms with Crippen molar-refractivity contribution in [1.82, 2.24) is 19.5 Å². The van der Waals surface area contributed by atoms with Crippen LogP contribution in [0.5, 0.6) is 0 Å². The lowest BCUT2D eigenvalue weighted by atomic mass is 9.96. The van der Waals surface area contributed by atoms with E-state index in [0.717, 1.165) is 11.0 Å². The van der Waals surface area contributed by atoms with Gasteiger partial charge >= 0.3 is 0 Å². The van der Waals surface area contributed by atoms with Gasteiger partial charge in [-0.15, -0.1) is 0 Å². The third-order valence-electron chi connectivity index (χ3n) is 3.22. The zero-order chi connectivity index (χ0) is 15.7. The van der Waals surface area contributed by atoms with Gasteiger partial charge in [0.15, 0.2) is 0 Å². The highest BCUT2D eigenvalue weighted by molar-refractivity contribution is 5.95. The molecular formula is C16H17N5O. The van der Waals surface area contributed by atoms with E-state index in [1.54, 1.807) is 23.0 Å². The summed E-state index contributed by atoms with van der Waals surface area (Å²) >= 11 is 0. The summed E-state index contributed by atoms with van der Waals surface area (Å²) in [5, 5.41) is 2.87. The molecule has 6 heteroatoms. The van der Waals surface area contributed by atoms with Crippen molar-refractivity contribution in [1.29, 1.82) is 0 Å². The maximum Gasteiger partial charge on any atom is 0.236 e. The summed E-state index contributed by atoms with van der Waals surface area (Å²) in [6.45, 7) is 5.57. The summed E-state index contributed by atoms with van der Waals surface area (Å²) in [6.07, 6.45) is 3.32. The monoisotopic (exact) mass is 295 g/mol. The van der Waals surface area contributed by atoms with Crippen LogP contribution in [0.25, 0.3) is 17.0 Å². The Balaban J connectivity index is 2.16. The number of hydrogen-bond acceptors (Lipinski definition) is 4. The van der Waals surface area contributed by atoms with Gasteiger partial charge < -0.3 is 0 Å². The van der Waals surface area contributed by atoms with Crippen LogP contribution in [0.4, 0.5) is 5.95 Å². The van der Waals surface area contributed by atoms with Gasteiger partial charge in [0.2, 0.25) is 17.8 Å². The minimum Gasteiger partial charge on any atom is -0.295 e. The molecule has 3 rings (SSSR count). The Hall–Kier alpha value is -2.76. The number of aromatic nitrogens is 4. The standard InChI is InChI=1S/C16H17N5O/c1-16(2,3)13(22)20-15-19-11-7-4-5-8-12(11)21(15)14-17-9-6-10-18-14/h4-10H,1-3H3,(H,19,20,22). The first-order valence-corrected chi connectivity index (χ1v) is 7.03. The molecule has 1 amide bonds. The summed E-state index contributed by atoms with van der Waals surface area (Å²) in [5.74, 6) is 0.785. The van der Waals surface area contributed by atoms with E-state index in [4.69, 9.17) is 0 Å². The van der Waals surface area contributed by atoms with Crippen LogP contribution < -0.4 is 5.32 Å². The van der Waals surface area contributed by atoms with Gasteiger partial charge in [-0.1, -0.05) is 32.9 Å². The number of benzene rings is 1. The third kappa shape index (κ3) is 2.55. The Bertz CT molecular complexity index is 817. The molecule has 1 N–H and O–H groups in total. The second-order valence-electron chi connectivity index (χ2n) is 6.01. The molecule has 0 fully saturated rings. The van der Waals surface area contributed by atoms with Crippen molar-refractivity contribution < 1.29 is 4.79 Å². The fraction of sp³-hybridized carbons (Fsp3) is 0.250. The van der Waals surface area contributed by atoms with Crippen molar-refractivity contribution >= 4 is 22.9 Å². The molecule has 0 radical (unpaired) electrons. The number of rotatable bonds is 2. The van der Waals surface area contributed by atoms with Crippen LogP contribution in [0.2, 0.25) is 0 Å². The van der Waals surface area contributed by atoms with Crippen molar-refractivity contribution in [2.75, 3.05) is 5.32 Å². The molecule has 0 aliphatic rings. The number of nitrogens with zero attached hydrogens (tertiary/aromatic N) is 4. The second kappa shape index (κ2) is 5.22. The lowest BCUT2D eigenvalue weighted by Gasteiger charge is -2.17. The maximum atomic E-state index is 12.3. The van der Waals surface area contributed by atoms with Crippen LogP contribution >= 0.6 is 0 Å². The van der Waals surface area contributed by atoms with Gasteiger partial charge in [-0.2, -0.15) is 0 Å². The molecule has 112 valence electrons. The van der Waals surface area contributed by atoms with Crippen molar-refractivity contribution in [2.45, 2.75) is 20.8 Å². The first kappa shape index (κ1) is 14.2. The Morgan fingerprint density at radius 1 is 1.09 bits per heavy atom. The first-order valence-electron chi connectivity index (χ1n) is 7.03. The molecule has 0 atom stereocenters. The van der Waals surface area contributed by atoms with Gasteiger partial charge in [-0.25, -0.2) is 19.5 Å². The molecule has 2 aromatic heterocycles. The normalized spacial score (nSPS) is 11.6. The summed E-state index contributed by atoms with van der Waals surface area (Å²) in [7, 11) is 0. The van der Waals surface area contributed by atoms with Crippen LogP contribution in [0.15, 0.2) is 42.7 Å². The SMILES string of the molecule is CC(C)(C)C(=O)Nc1nc2ccccc2n1-c1ncccn1. The Morgan fingerprint density at radius 3 is 2.45 bits per heavy atom. The number of para-hydroxylation sites is 2. The molecule has 2 heterocycles. The van der Waals surface area contributed by atoms with Crippen molar-refractivity contribution in [3.8, 4) is 5.95 Å². The van der Waals surface area contributed by atoms with E-state index < -0.39 is 5.41 Å². The number of hydrogen-bond donors (Lipinski definition) is 1. The number of amides is 1. The van der Waals surface area contributed by atoms with E-state index in [1.165, 1.54) is 0 Å². The number of anilines is 1. The Morgan fingerprint density at radius 2 is 1.77 bits per heavy atom. The van der Waals surface area contributed by atoms with Gasteiger partial charge in [0.1, 0.15) is 0 Å². The van der Waals surface area contributed by atoms with E-state index in [1.807, 2.05) is 45.0 Å². The third-order valence-corrected chi connectivity index (χ3v) is 3.22. The minimum atomic E-state index is -0.513. The molecule has 0 unspecified atom stereocenters. The van der Waals surface area contributed by atoms with E-state index in [0.29, 0.717) is 11.9 Å². The van der Waals surface area contributed by atoms with Gasteiger partial charge in [0.05, 0.1) is 11.0 Å². The molecular weight excluding hydrogens is 278 g/mol. The van der Waals surface area contributed by atoms with Gasteiger partial charge in [0, 0.05) is 17.8 Å². The van der Waals surface area contributed by atoms with E-state index in [-0.39, 0.29) is 5.91 Å². The molecule has 1 aromatic carbocycles. The van der Waals surface area contributed by atoms with Crippen molar-refractivity contribution in [2.24, 2.45) is 5.41 Å². The van der Waals surface area contributed by atoms with Crippen LogP contribution in [0.3, 0.4) is 0 Å². The van der Waals surface area contributed by atoms with Gasteiger partial charge in [-0.05, 0) is 18.2 Å². The molecule has 0 bridgehead atoms. The molecule has 0 aliphatic carbocycles. The zero-order valence-electron chi connectivity index (χ0n) is 12.7. The quantitative estimate of drug-likeness (QED) is 0.789. The molecule has 22 heavy (non-hydrogen) atoms. The smallest absolute Gasteiger partial charge is 0.236 e. The van der Waals surface area contributed by atoms with Crippen LogP contribution in [0.1, 0.15) is 20.8 Å². The fourth-order valence-corrected chi connectivity index (χ4v) is 2.01. The van der Waals surface area contributed by atoms with Crippen molar-refractivity contribution in [3.63, 3.8) is 0 Å². The summed E-state index contributed by atoms with van der Waals surface area (Å²) in [6, 6.07) is 9.38. The molecule has 0 aliphatic heterocycles. The predicted octanol–water partition coefficient (Wildman–Crippen LogP) is 2.80.